The zero-order valence-electron chi connectivity index (χ0n) is 20.3. The van der Waals surface area contributed by atoms with E-state index in [0.29, 0.717) is 30.2 Å². The molecule has 0 spiro atoms. The summed E-state index contributed by atoms with van der Waals surface area (Å²) < 4.78 is 43.5. The van der Waals surface area contributed by atoms with E-state index < -0.39 is 21.7 Å². The highest BCUT2D eigenvalue weighted by atomic mass is 32.2. The largest absolute Gasteiger partial charge is 0.497 e. The maximum Gasteiger partial charge on any atom is 0.366 e. The van der Waals surface area contributed by atoms with E-state index in [1.165, 1.54) is 7.11 Å². The monoisotopic (exact) mass is 481 g/mol. The Morgan fingerprint density at radius 2 is 1.94 bits per heavy atom. The molecule has 1 aromatic heterocycles. The molecule has 2 aromatic rings. The topological polar surface area (TPSA) is 90.3 Å². The van der Waals surface area contributed by atoms with Crippen LogP contribution in [0.5, 0.6) is 5.75 Å². The molecule has 1 aromatic carbocycles. The van der Waals surface area contributed by atoms with Gasteiger partial charge in [-0.3, -0.25) is 8.98 Å². The maximum absolute atomic E-state index is 13.2. The second-order valence-electron chi connectivity index (χ2n) is 9.68. The normalized spacial score (nSPS) is 15.7. The average Bonchev–Trinajstić information content (AvgIpc) is 3.11. The Morgan fingerprint density at radius 1 is 1.24 bits per heavy atom. The van der Waals surface area contributed by atoms with E-state index in [1.54, 1.807) is 32.2 Å². The summed E-state index contributed by atoms with van der Waals surface area (Å²) in [6.07, 6.45) is 2.26. The first-order valence-electron chi connectivity index (χ1n) is 11.0. The van der Waals surface area contributed by atoms with Gasteiger partial charge in [-0.25, -0.2) is 3.97 Å². The van der Waals surface area contributed by atoms with Crippen LogP contribution in [0, 0.1) is 11.3 Å². The number of benzene rings is 1. The van der Waals surface area contributed by atoms with Crippen LogP contribution in [-0.4, -0.2) is 89.3 Å². The van der Waals surface area contributed by atoms with Crippen LogP contribution in [-0.2, 0) is 30.4 Å². The average molecular weight is 482 g/mol. The van der Waals surface area contributed by atoms with Crippen molar-refractivity contribution in [2.24, 2.45) is 11.3 Å². The van der Waals surface area contributed by atoms with E-state index in [1.807, 2.05) is 32.1 Å². The second-order valence-corrected chi connectivity index (χ2v) is 11.2. The van der Waals surface area contributed by atoms with Gasteiger partial charge in [-0.2, -0.15) is 8.42 Å². The van der Waals surface area contributed by atoms with Crippen molar-refractivity contribution in [3.63, 3.8) is 0 Å². The molecule has 3 rings (SSSR count). The number of likely N-dealkylation sites (tertiary alicyclic amines) is 1. The fourth-order valence-electron chi connectivity index (χ4n) is 3.76. The summed E-state index contributed by atoms with van der Waals surface area (Å²) in [6.45, 7) is 5.79. The van der Waals surface area contributed by atoms with Crippen molar-refractivity contribution in [3.05, 3.63) is 30.0 Å². The highest BCUT2D eigenvalue weighted by Crippen LogP contribution is 2.29. The molecule has 0 bridgehead atoms. The predicted octanol–water partition coefficient (Wildman–Crippen LogP) is 1.99. The molecule has 10 heteroatoms. The number of carbonyl (C=O) groups excluding carboxylic acids is 1. The van der Waals surface area contributed by atoms with Crippen LogP contribution in [0.25, 0.3) is 10.9 Å². The minimum Gasteiger partial charge on any atom is -0.497 e. The Morgan fingerprint density at radius 3 is 2.55 bits per heavy atom. The third-order valence-corrected chi connectivity index (χ3v) is 7.04. The Balaban J connectivity index is 1.76. The van der Waals surface area contributed by atoms with E-state index in [-0.39, 0.29) is 6.61 Å². The van der Waals surface area contributed by atoms with Crippen molar-refractivity contribution in [2.45, 2.75) is 20.3 Å². The number of hydrogen-bond acceptors (Lipinski definition) is 8. The molecule has 0 amide bonds. The molecule has 1 aliphatic heterocycles. The van der Waals surface area contributed by atoms with E-state index in [0.717, 1.165) is 34.6 Å². The van der Waals surface area contributed by atoms with Gasteiger partial charge in [-0.15, -0.1) is 0 Å². The highest BCUT2D eigenvalue weighted by molar-refractivity contribution is 7.85. The molecule has 1 aliphatic rings. The molecule has 1 saturated heterocycles. The summed E-state index contributed by atoms with van der Waals surface area (Å²) in [5.41, 5.74) is 0.243. The number of likely N-dealkylation sites (N-methyl/N-ethyl adjacent to an activating group) is 1. The summed E-state index contributed by atoms with van der Waals surface area (Å²) in [7, 11) is 3.27. The lowest BCUT2D eigenvalue weighted by Gasteiger charge is -2.36. The second kappa shape index (κ2) is 10.0. The van der Waals surface area contributed by atoms with Gasteiger partial charge in [-0.1, -0.05) is 0 Å². The first-order chi connectivity index (χ1) is 15.4. The Labute approximate surface area is 196 Å². The summed E-state index contributed by atoms with van der Waals surface area (Å²) >= 11 is 0. The van der Waals surface area contributed by atoms with Crippen molar-refractivity contribution >= 4 is 27.2 Å². The molecule has 0 radical (unpaired) electrons. The van der Waals surface area contributed by atoms with Gasteiger partial charge in [0.05, 0.1) is 31.3 Å². The van der Waals surface area contributed by atoms with Crippen molar-refractivity contribution in [1.29, 1.82) is 0 Å². The molecule has 1 fully saturated rings. The molecule has 9 nitrogen and oxygen atoms in total. The van der Waals surface area contributed by atoms with Crippen LogP contribution in [0.2, 0.25) is 0 Å². The lowest BCUT2D eigenvalue weighted by molar-refractivity contribution is -0.158. The van der Waals surface area contributed by atoms with E-state index in [4.69, 9.17) is 13.7 Å². The lowest BCUT2D eigenvalue weighted by Crippen LogP contribution is -2.47. The first kappa shape index (κ1) is 25.5. The number of ether oxygens (including phenoxy) is 2. The Bertz CT molecular complexity index is 1090. The number of esters is 1. The quantitative estimate of drug-likeness (QED) is 0.450. The SMILES string of the molecule is COc1ccc2c(CCN(C)C)cn(S(=O)(=O)OCC(C)(C)C(=O)OCC3CN(C)C3)c2c1. The van der Waals surface area contributed by atoms with Gasteiger partial charge in [0.2, 0.25) is 0 Å². The number of hydrogen-bond donors (Lipinski definition) is 0. The number of fused-ring (bicyclic) bond motifs is 1. The van der Waals surface area contributed by atoms with Gasteiger partial charge in [0.25, 0.3) is 0 Å². The molecule has 0 atom stereocenters. The first-order valence-corrected chi connectivity index (χ1v) is 12.4. The highest BCUT2D eigenvalue weighted by Gasteiger charge is 2.34. The van der Waals surface area contributed by atoms with Gasteiger partial charge >= 0.3 is 16.3 Å². The van der Waals surface area contributed by atoms with E-state index >= 15 is 0 Å². The van der Waals surface area contributed by atoms with Gasteiger partial charge in [0.1, 0.15) is 5.75 Å². The minimum atomic E-state index is -4.20. The van der Waals surface area contributed by atoms with Gasteiger partial charge in [0.15, 0.2) is 0 Å². The molecule has 2 heterocycles. The standard InChI is InChI=1S/C23H35N3O6S/c1-23(2,22(27)31-15-17-12-25(5)13-17)16-32-33(28,29)26-14-18(9-10-24(3)4)20-8-7-19(30-6)11-21(20)26/h7-8,11,14,17H,9-10,12-13,15-16H2,1-6H3. The van der Waals surface area contributed by atoms with Crippen LogP contribution in [0.3, 0.4) is 0 Å². The smallest absolute Gasteiger partial charge is 0.366 e. The summed E-state index contributed by atoms with van der Waals surface area (Å²) in [5.74, 6) is 0.390. The van der Waals surface area contributed by atoms with Crippen molar-refractivity contribution in [2.75, 3.05) is 61.1 Å². The third kappa shape index (κ3) is 6.06. The zero-order valence-corrected chi connectivity index (χ0v) is 21.1. The molecule has 33 heavy (non-hydrogen) atoms. The fourth-order valence-corrected chi connectivity index (χ4v) is 4.97. The number of carbonyl (C=O) groups is 1. The molecular weight excluding hydrogens is 446 g/mol. The summed E-state index contributed by atoms with van der Waals surface area (Å²) in [5, 5.41) is 0.814. The molecule has 0 N–H and O–H groups in total. The minimum absolute atomic E-state index is 0.321. The van der Waals surface area contributed by atoms with Crippen molar-refractivity contribution in [1.82, 2.24) is 13.8 Å². The van der Waals surface area contributed by atoms with Crippen molar-refractivity contribution < 1.29 is 26.9 Å². The predicted molar refractivity (Wildman–Crippen MR) is 127 cm³/mol. The zero-order chi connectivity index (χ0) is 24.4. The lowest BCUT2D eigenvalue weighted by atomic mass is 9.95. The summed E-state index contributed by atoms with van der Waals surface area (Å²) in [6, 6.07) is 5.33. The van der Waals surface area contributed by atoms with Crippen molar-refractivity contribution in [3.8, 4) is 5.75 Å². The number of methoxy groups -OCH3 is 1. The van der Waals surface area contributed by atoms with E-state index in [2.05, 4.69) is 4.90 Å². The van der Waals surface area contributed by atoms with Gasteiger partial charge < -0.3 is 19.3 Å². The summed E-state index contributed by atoms with van der Waals surface area (Å²) in [4.78, 5) is 16.7. The van der Waals surface area contributed by atoms with Crippen LogP contribution < -0.4 is 4.74 Å². The number of nitrogens with zero attached hydrogens (tertiary/aromatic N) is 3. The molecule has 0 unspecified atom stereocenters. The molecule has 184 valence electrons. The Hall–Kier alpha value is -2.14. The van der Waals surface area contributed by atoms with Crippen LogP contribution in [0.4, 0.5) is 0 Å². The van der Waals surface area contributed by atoms with Gasteiger partial charge in [0, 0.05) is 43.2 Å². The molecule has 0 saturated carbocycles. The maximum atomic E-state index is 13.2. The third-order valence-electron chi connectivity index (χ3n) is 5.84. The Kier molecular flexibility index (Phi) is 7.73. The fraction of sp³-hybridized carbons (Fsp3) is 0.609. The molecular formula is C23H35N3O6S. The molecule has 0 aliphatic carbocycles. The number of rotatable bonds is 11. The van der Waals surface area contributed by atoms with Crippen LogP contribution in [0.1, 0.15) is 19.4 Å². The van der Waals surface area contributed by atoms with Gasteiger partial charge in [-0.05, 0) is 59.1 Å². The number of aromatic nitrogens is 1. The van der Waals surface area contributed by atoms with E-state index in [9.17, 15) is 13.2 Å². The van der Waals surface area contributed by atoms with Crippen LogP contribution >= 0.6 is 0 Å². The van der Waals surface area contributed by atoms with Crippen LogP contribution in [0.15, 0.2) is 24.4 Å².